The van der Waals surface area contributed by atoms with Gasteiger partial charge in [0.1, 0.15) is 17.1 Å². The molecule has 1 aliphatic rings. The van der Waals surface area contributed by atoms with Crippen LogP contribution >= 0.6 is 12.4 Å². The molecule has 0 radical (unpaired) electrons. The predicted molar refractivity (Wildman–Crippen MR) is 265 cm³/mol. The van der Waals surface area contributed by atoms with Gasteiger partial charge in [-0.2, -0.15) is 0 Å². The third kappa shape index (κ3) is 16.1. The van der Waals surface area contributed by atoms with E-state index in [1.54, 1.807) is 0 Å². The van der Waals surface area contributed by atoms with Crippen LogP contribution in [0.5, 0.6) is 11.5 Å². The number of aromatic hydroxyl groups is 2. The molecule has 0 aliphatic carbocycles. The average Bonchev–Trinajstić information content (AvgIpc) is 3.22. The van der Waals surface area contributed by atoms with Gasteiger partial charge in [-0.05, 0) is 91.0 Å². The van der Waals surface area contributed by atoms with Crippen molar-refractivity contribution in [1.29, 1.82) is 0 Å². The van der Waals surface area contributed by atoms with Crippen LogP contribution in [0.15, 0.2) is 115 Å². The zero-order chi connectivity index (χ0) is 45.6. The SMILES string of the molecule is C1CCOCC1.CC(C)(C)c1cc(C[NH-])c(O)c(C(C)(C)C)c1.CC(C)(C)c1cc(C[NH-])c(O)c(C(C)(C)C)c1.Cl.[CH2-]OC(c1ccccc1)(c1ccccc1)c1ccccc1.[Mn+3]. The summed E-state index contributed by atoms with van der Waals surface area (Å²) in [7, 11) is 3.79. The summed E-state index contributed by atoms with van der Waals surface area (Å²) in [6.07, 6.45) is 3.93. The zero-order valence-electron chi connectivity index (χ0n) is 40.1. The molecule has 1 aliphatic heterocycles. The first-order chi connectivity index (χ1) is 28.5. The molecule has 1 heterocycles. The number of hydrogen-bond acceptors (Lipinski definition) is 4. The molecule has 344 valence electrons. The van der Waals surface area contributed by atoms with Gasteiger partial charge in [0.05, 0.1) is 0 Å². The van der Waals surface area contributed by atoms with Crippen LogP contribution in [0.25, 0.3) is 11.5 Å². The van der Waals surface area contributed by atoms with Crippen molar-refractivity contribution >= 4 is 12.4 Å². The second-order valence-electron chi connectivity index (χ2n) is 20.0. The fourth-order valence-electron chi connectivity index (χ4n) is 7.12. The summed E-state index contributed by atoms with van der Waals surface area (Å²) in [6.45, 7) is 27.7. The fraction of sp³-hybridized carbons (Fsp3) is 0.436. The van der Waals surface area contributed by atoms with E-state index in [0.29, 0.717) is 11.5 Å². The van der Waals surface area contributed by atoms with E-state index >= 15 is 0 Å². The first kappa shape index (κ1) is 57.4. The van der Waals surface area contributed by atoms with Crippen LogP contribution in [-0.2, 0) is 66.9 Å². The molecule has 63 heavy (non-hydrogen) atoms. The Labute approximate surface area is 398 Å². The molecule has 1 fully saturated rings. The normalized spacial score (nSPS) is 13.0. The van der Waals surface area contributed by atoms with Gasteiger partial charge in [0.2, 0.25) is 0 Å². The molecule has 0 amide bonds. The second kappa shape index (κ2) is 25.2. The number of nitrogens with one attached hydrogen (secondary N) is 2. The first-order valence-electron chi connectivity index (χ1n) is 21.7. The Morgan fingerprint density at radius 3 is 0.984 bits per heavy atom. The minimum Gasteiger partial charge on any atom is -0.674 e. The van der Waals surface area contributed by atoms with Crippen LogP contribution < -0.4 is 0 Å². The number of rotatable bonds is 6. The van der Waals surface area contributed by atoms with Gasteiger partial charge in [-0.25, -0.2) is 7.11 Å². The fourth-order valence-corrected chi connectivity index (χ4v) is 7.12. The third-order valence-electron chi connectivity index (χ3n) is 10.9. The third-order valence-corrected chi connectivity index (χ3v) is 10.9. The minimum absolute atomic E-state index is 0. The summed E-state index contributed by atoms with van der Waals surface area (Å²) in [6, 6.07) is 38.7. The maximum absolute atomic E-state index is 10.2. The smallest absolute Gasteiger partial charge is 0.674 e. The number of phenolic OH excluding ortho intramolecular Hbond substituents is 2. The number of hydrogen-bond donors (Lipinski definition) is 2. The van der Waals surface area contributed by atoms with Crippen LogP contribution in [0.3, 0.4) is 0 Å². The van der Waals surface area contributed by atoms with Crippen molar-refractivity contribution in [2.45, 2.75) is 143 Å². The number of halogens is 1. The van der Waals surface area contributed by atoms with E-state index in [2.05, 4.69) is 139 Å². The summed E-state index contributed by atoms with van der Waals surface area (Å²) in [5.74, 6) is 0.584. The second-order valence-corrected chi connectivity index (χ2v) is 20.0. The number of ether oxygens (including phenoxy) is 2. The Balaban J connectivity index is 0.000000438. The van der Waals surface area contributed by atoms with Gasteiger partial charge in [0, 0.05) is 13.2 Å². The van der Waals surface area contributed by atoms with Gasteiger partial charge in [0.25, 0.3) is 0 Å². The number of benzene rings is 5. The molecule has 0 unspecified atom stereocenters. The molecule has 0 atom stereocenters. The van der Waals surface area contributed by atoms with Crippen molar-refractivity contribution in [1.82, 2.24) is 0 Å². The number of phenols is 2. The van der Waals surface area contributed by atoms with Crippen LogP contribution in [0, 0.1) is 7.11 Å². The van der Waals surface area contributed by atoms with E-state index in [9.17, 15) is 10.2 Å². The van der Waals surface area contributed by atoms with Crippen LogP contribution in [-0.4, -0.2) is 23.4 Å². The summed E-state index contributed by atoms with van der Waals surface area (Å²) in [4.78, 5) is 0. The van der Waals surface area contributed by atoms with Gasteiger partial charge in [0.15, 0.2) is 0 Å². The molecule has 8 heteroatoms. The van der Waals surface area contributed by atoms with Crippen molar-refractivity contribution in [3.05, 3.63) is 184 Å². The topological polar surface area (TPSA) is 107 Å². The van der Waals surface area contributed by atoms with E-state index < -0.39 is 5.60 Å². The molecular formula is C55H76ClMnN2O4. The van der Waals surface area contributed by atoms with Crippen molar-refractivity contribution in [2.75, 3.05) is 13.2 Å². The summed E-state index contributed by atoms with van der Waals surface area (Å²) >= 11 is 0. The predicted octanol–water partition coefficient (Wildman–Crippen LogP) is 15.5. The average molecular weight is 920 g/mol. The van der Waals surface area contributed by atoms with E-state index in [4.69, 9.17) is 20.9 Å². The maximum atomic E-state index is 10.2. The van der Waals surface area contributed by atoms with E-state index in [-0.39, 0.29) is 64.2 Å². The van der Waals surface area contributed by atoms with Crippen molar-refractivity contribution in [3.63, 3.8) is 0 Å². The molecule has 5 aromatic carbocycles. The minimum atomic E-state index is -0.691. The molecule has 5 aromatic rings. The van der Waals surface area contributed by atoms with E-state index in [1.165, 1.54) is 30.4 Å². The molecule has 0 saturated carbocycles. The van der Waals surface area contributed by atoms with Crippen molar-refractivity contribution in [3.8, 4) is 11.5 Å². The summed E-state index contributed by atoms with van der Waals surface area (Å²) in [5.41, 5.74) is 23.1. The zero-order valence-corrected chi connectivity index (χ0v) is 42.1. The van der Waals surface area contributed by atoms with Crippen LogP contribution in [0.2, 0.25) is 0 Å². The molecule has 6 nitrogen and oxygen atoms in total. The molecule has 0 aromatic heterocycles. The Kier molecular flexibility index (Phi) is 22.9. The summed E-state index contributed by atoms with van der Waals surface area (Å²) in [5, 5.41) is 20.4. The standard InChI is InChI=1S/C20H17O.2C15H24NO.C5H10O.ClH.Mn/c1-21-20(17-11-5-2-6-12-17,18-13-7-3-8-14-18)19-15-9-4-10-16-19;2*1-14(2,3)11-7-10(9-16)13(17)12(8-11)15(4,5)6;1-2-4-6-5-3-1;;/h2-16H,1H2;2*7-8,16-17H,9H2,1-6H3;1-5H2;1H;/q3*-1;;;+3. The van der Waals surface area contributed by atoms with Gasteiger partial charge < -0.3 is 31.2 Å². The first-order valence-corrected chi connectivity index (χ1v) is 21.7. The van der Waals surface area contributed by atoms with Gasteiger partial charge in [-0.3, -0.25) is 0 Å². The van der Waals surface area contributed by atoms with Crippen molar-refractivity contribution in [2.24, 2.45) is 0 Å². The Hall–Kier alpha value is -3.65. The molecule has 6 rings (SSSR count). The molecular weight excluding hydrogens is 843 g/mol. The Morgan fingerprint density at radius 1 is 0.492 bits per heavy atom. The van der Waals surface area contributed by atoms with E-state index in [0.717, 1.165) is 52.2 Å². The summed E-state index contributed by atoms with van der Waals surface area (Å²) < 4.78 is 10.9. The molecule has 0 bridgehead atoms. The van der Waals surface area contributed by atoms with Gasteiger partial charge in [-0.15, -0.1) is 25.5 Å². The monoisotopic (exact) mass is 918 g/mol. The maximum Gasteiger partial charge on any atom is 3.00 e. The molecule has 0 spiro atoms. The Morgan fingerprint density at radius 2 is 0.794 bits per heavy atom. The van der Waals surface area contributed by atoms with Crippen LogP contribution in [0.1, 0.15) is 152 Å². The molecule has 4 N–H and O–H groups in total. The van der Waals surface area contributed by atoms with E-state index in [1.807, 2.05) is 66.7 Å². The van der Waals surface area contributed by atoms with Gasteiger partial charge >= 0.3 is 17.1 Å². The van der Waals surface area contributed by atoms with Crippen LogP contribution in [0.4, 0.5) is 0 Å². The quantitative estimate of drug-likeness (QED) is 0.100. The van der Waals surface area contributed by atoms with Crippen molar-refractivity contribution < 1.29 is 36.8 Å². The molecule has 1 saturated heterocycles. The largest absolute Gasteiger partial charge is 3.00 e. The Bertz CT molecular complexity index is 1870. The van der Waals surface area contributed by atoms with Gasteiger partial charge in [-0.1, -0.05) is 198 Å².